The molecular formula is C13H14N4OS. The Hall–Kier alpha value is -1.95. The molecule has 3 rings (SSSR count). The number of primary amides is 1. The number of aromatic nitrogens is 2. The predicted molar refractivity (Wildman–Crippen MR) is 74.2 cm³/mol. The van der Waals surface area contributed by atoms with Crippen molar-refractivity contribution in [2.45, 2.75) is 25.3 Å². The van der Waals surface area contributed by atoms with Gasteiger partial charge in [-0.2, -0.15) is 4.37 Å². The van der Waals surface area contributed by atoms with Crippen LogP contribution >= 0.6 is 11.5 Å². The van der Waals surface area contributed by atoms with Gasteiger partial charge in [-0.15, -0.1) is 0 Å². The van der Waals surface area contributed by atoms with Crippen LogP contribution in [0.2, 0.25) is 0 Å². The van der Waals surface area contributed by atoms with Crippen LogP contribution in [0.5, 0.6) is 0 Å². The molecule has 19 heavy (non-hydrogen) atoms. The smallest absolute Gasteiger partial charge is 0.248 e. The molecule has 1 saturated carbocycles. The van der Waals surface area contributed by atoms with E-state index in [4.69, 9.17) is 5.73 Å². The largest absolute Gasteiger partial charge is 0.366 e. The molecule has 5 nitrogen and oxygen atoms in total. The molecule has 98 valence electrons. The van der Waals surface area contributed by atoms with E-state index in [2.05, 4.69) is 14.7 Å². The molecule has 0 unspecified atom stereocenters. The second kappa shape index (κ2) is 4.97. The van der Waals surface area contributed by atoms with Gasteiger partial charge in [-0.1, -0.05) is 12.1 Å². The molecule has 0 radical (unpaired) electrons. The van der Waals surface area contributed by atoms with Crippen LogP contribution in [-0.2, 0) is 6.54 Å². The quantitative estimate of drug-likeness (QED) is 0.875. The maximum atomic E-state index is 11.1. The third kappa shape index (κ3) is 2.90. The Balaban J connectivity index is 1.64. The first-order valence-electron chi connectivity index (χ1n) is 6.18. The molecule has 1 aromatic carbocycles. The van der Waals surface area contributed by atoms with Crippen LogP contribution in [0.4, 0.5) is 5.13 Å². The summed E-state index contributed by atoms with van der Waals surface area (Å²) in [6.45, 7) is 0.612. The van der Waals surface area contributed by atoms with Crippen molar-refractivity contribution < 1.29 is 4.79 Å². The summed E-state index contributed by atoms with van der Waals surface area (Å²) >= 11 is 1.38. The fourth-order valence-electron chi connectivity index (χ4n) is 1.83. The van der Waals surface area contributed by atoms with Crippen LogP contribution in [-0.4, -0.2) is 15.3 Å². The lowest BCUT2D eigenvalue weighted by molar-refractivity contribution is 0.1000. The molecule has 0 spiro atoms. The molecule has 1 fully saturated rings. The molecule has 6 heteroatoms. The summed E-state index contributed by atoms with van der Waals surface area (Å²) in [5, 5.41) is 4.05. The summed E-state index contributed by atoms with van der Waals surface area (Å²) in [6, 6.07) is 7.27. The van der Waals surface area contributed by atoms with Crippen molar-refractivity contribution in [1.82, 2.24) is 9.36 Å². The van der Waals surface area contributed by atoms with Crippen molar-refractivity contribution in [2.75, 3.05) is 5.32 Å². The maximum Gasteiger partial charge on any atom is 0.248 e. The number of carbonyl (C=O) groups is 1. The third-order valence-electron chi connectivity index (χ3n) is 3.04. The Morgan fingerprint density at radius 1 is 1.47 bits per heavy atom. The molecule has 1 amide bonds. The van der Waals surface area contributed by atoms with Gasteiger partial charge in [0.2, 0.25) is 11.0 Å². The standard InChI is InChI=1S/C13H14N4OS/c14-11(18)10-3-1-2-8(6-10)7-15-13-16-12(17-19-13)9-4-5-9/h1-3,6,9H,4-5,7H2,(H2,14,18)(H,15,16,17). The number of carbonyl (C=O) groups excluding carboxylic acids is 1. The minimum absolute atomic E-state index is 0.409. The molecule has 3 N–H and O–H groups in total. The Kier molecular flexibility index (Phi) is 3.16. The van der Waals surface area contributed by atoms with E-state index in [1.165, 1.54) is 24.4 Å². The summed E-state index contributed by atoms with van der Waals surface area (Å²) in [5.41, 5.74) is 6.78. The second-order valence-electron chi connectivity index (χ2n) is 4.65. The summed E-state index contributed by atoms with van der Waals surface area (Å²) in [5.74, 6) is 1.12. The molecule has 0 saturated heterocycles. The van der Waals surface area contributed by atoms with E-state index < -0.39 is 5.91 Å². The SMILES string of the molecule is NC(=O)c1cccc(CNc2nc(C3CC3)ns2)c1. The zero-order chi connectivity index (χ0) is 13.2. The number of rotatable bonds is 5. The minimum Gasteiger partial charge on any atom is -0.366 e. The van der Waals surface area contributed by atoms with Gasteiger partial charge in [-0.3, -0.25) is 4.79 Å². The summed E-state index contributed by atoms with van der Waals surface area (Å²) in [7, 11) is 0. The van der Waals surface area contributed by atoms with Gasteiger partial charge in [0.15, 0.2) is 0 Å². The Bertz CT molecular complexity index is 606. The fourth-order valence-corrected chi connectivity index (χ4v) is 2.47. The Morgan fingerprint density at radius 3 is 3.05 bits per heavy atom. The lowest BCUT2D eigenvalue weighted by atomic mass is 10.1. The number of nitrogens with one attached hydrogen (secondary N) is 1. The first kappa shape index (κ1) is 12.1. The number of nitrogens with two attached hydrogens (primary N) is 1. The van der Waals surface area contributed by atoms with E-state index in [0.29, 0.717) is 18.0 Å². The zero-order valence-corrected chi connectivity index (χ0v) is 11.1. The minimum atomic E-state index is -0.409. The van der Waals surface area contributed by atoms with Crippen LogP contribution in [0, 0.1) is 0 Å². The average molecular weight is 274 g/mol. The van der Waals surface area contributed by atoms with Gasteiger partial charge in [-0.05, 0) is 30.5 Å². The predicted octanol–water partition coefficient (Wildman–Crippen LogP) is 2.13. The molecule has 0 atom stereocenters. The van der Waals surface area contributed by atoms with Crippen molar-refractivity contribution in [3.05, 3.63) is 41.2 Å². The summed E-state index contributed by atoms with van der Waals surface area (Å²) in [4.78, 5) is 15.5. The van der Waals surface area contributed by atoms with Gasteiger partial charge < -0.3 is 11.1 Å². The van der Waals surface area contributed by atoms with E-state index >= 15 is 0 Å². The number of hydrogen-bond acceptors (Lipinski definition) is 5. The van der Waals surface area contributed by atoms with Crippen molar-refractivity contribution >= 4 is 22.6 Å². The molecule has 1 aliphatic carbocycles. The number of amides is 1. The lowest BCUT2D eigenvalue weighted by Gasteiger charge is -2.03. The first-order valence-corrected chi connectivity index (χ1v) is 6.96. The van der Waals surface area contributed by atoms with E-state index in [0.717, 1.165) is 16.5 Å². The van der Waals surface area contributed by atoms with Crippen molar-refractivity contribution in [3.8, 4) is 0 Å². The van der Waals surface area contributed by atoms with Crippen molar-refractivity contribution in [3.63, 3.8) is 0 Å². The van der Waals surface area contributed by atoms with Crippen LogP contribution in [0.25, 0.3) is 0 Å². The van der Waals surface area contributed by atoms with Gasteiger partial charge in [-0.25, -0.2) is 4.98 Å². The summed E-state index contributed by atoms with van der Waals surface area (Å²) < 4.78 is 4.33. The monoisotopic (exact) mass is 274 g/mol. The maximum absolute atomic E-state index is 11.1. The Labute approximate surface area is 115 Å². The number of hydrogen-bond donors (Lipinski definition) is 2. The van der Waals surface area contributed by atoms with Crippen LogP contribution < -0.4 is 11.1 Å². The molecule has 0 bridgehead atoms. The van der Waals surface area contributed by atoms with Crippen LogP contribution in [0.3, 0.4) is 0 Å². The van der Waals surface area contributed by atoms with Gasteiger partial charge in [0.1, 0.15) is 5.82 Å². The topological polar surface area (TPSA) is 80.9 Å². The number of benzene rings is 1. The molecule has 1 heterocycles. The van der Waals surface area contributed by atoms with Crippen LogP contribution in [0.15, 0.2) is 24.3 Å². The van der Waals surface area contributed by atoms with Crippen LogP contribution in [0.1, 0.15) is 40.5 Å². The average Bonchev–Trinajstić information content (AvgIpc) is 3.16. The van der Waals surface area contributed by atoms with Gasteiger partial charge in [0.25, 0.3) is 0 Å². The third-order valence-corrected chi connectivity index (χ3v) is 3.73. The van der Waals surface area contributed by atoms with Gasteiger partial charge in [0.05, 0.1) is 0 Å². The number of anilines is 1. The van der Waals surface area contributed by atoms with E-state index in [1.54, 1.807) is 12.1 Å². The molecule has 1 aliphatic rings. The van der Waals surface area contributed by atoms with Crippen molar-refractivity contribution in [2.24, 2.45) is 5.73 Å². The highest BCUT2D eigenvalue weighted by Gasteiger charge is 2.27. The Morgan fingerprint density at radius 2 is 2.32 bits per heavy atom. The zero-order valence-electron chi connectivity index (χ0n) is 10.3. The fraction of sp³-hybridized carbons (Fsp3) is 0.308. The lowest BCUT2D eigenvalue weighted by Crippen LogP contribution is -2.11. The molecule has 0 aliphatic heterocycles. The summed E-state index contributed by atoms with van der Waals surface area (Å²) in [6.07, 6.45) is 2.41. The normalized spacial score (nSPS) is 14.3. The number of nitrogens with zero attached hydrogens (tertiary/aromatic N) is 2. The van der Waals surface area contributed by atoms with Gasteiger partial charge >= 0.3 is 0 Å². The molecular weight excluding hydrogens is 260 g/mol. The van der Waals surface area contributed by atoms with E-state index in [1.807, 2.05) is 12.1 Å². The van der Waals surface area contributed by atoms with Crippen molar-refractivity contribution in [1.29, 1.82) is 0 Å². The first-order chi connectivity index (χ1) is 9.22. The van der Waals surface area contributed by atoms with E-state index in [9.17, 15) is 4.79 Å². The highest BCUT2D eigenvalue weighted by molar-refractivity contribution is 7.09. The molecule has 1 aromatic heterocycles. The second-order valence-corrected chi connectivity index (χ2v) is 5.40. The van der Waals surface area contributed by atoms with Gasteiger partial charge in [0, 0.05) is 29.6 Å². The highest BCUT2D eigenvalue weighted by Crippen LogP contribution is 2.39. The van der Waals surface area contributed by atoms with E-state index in [-0.39, 0.29) is 0 Å². The highest BCUT2D eigenvalue weighted by atomic mass is 32.1. The molecule has 2 aromatic rings.